The minimum Gasteiger partial charge on any atom is -0.488 e. The van der Waals surface area contributed by atoms with Gasteiger partial charge in [0.25, 0.3) is 0 Å². The Morgan fingerprint density at radius 3 is 2.46 bits per heavy atom. The van der Waals surface area contributed by atoms with E-state index in [2.05, 4.69) is 75.8 Å². The van der Waals surface area contributed by atoms with Crippen molar-refractivity contribution < 1.29 is 29.6 Å². The van der Waals surface area contributed by atoms with Crippen LogP contribution in [0.4, 0.5) is 5.82 Å². The number of pyridine rings is 1. The molecule has 0 saturated carbocycles. The zero-order valence-electron chi connectivity index (χ0n) is 30.9. The second kappa shape index (κ2) is 18.5. The highest BCUT2D eigenvalue weighted by Crippen LogP contribution is 2.37. The summed E-state index contributed by atoms with van der Waals surface area (Å²) in [6, 6.07) is 25.7. The van der Waals surface area contributed by atoms with Crippen molar-refractivity contribution in [3.05, 3.63) is 130 Å². The summed E-state index contributed by atoms with van der Waals surface area (Å²) in [7, 11) is 0. The van der Waals surface area contributed by atoms with Crippen molar-refractivity contribution in [2.75, 3.05) is 25.0 Å². The molecule has 0 aliphatic heterocycles. The smallest absolute Gasteiger partial charge is 0.306 e. The molecule has 13 heteroatoms. The number of carboxylic acid groups (broad SMARTS) is 1. The first-order valence-electron chi connectivity index (χ1n) is 18.0. The predicted molar refractivity (Wildman–Crippen MR) is 214 cm³/mol. The fraction of sp³-hybridized carbons (Fsp3) is 0.233. The molecule has 286 valence electrons. The number of hydrogen-bond acceptors (Lipinski definition) is 11. The van der Waals surface area contributed by atoms with Crippen LogP contribution < -0.4 is 20.1 Å². The molecule has 0 unspecified atom stereocenters. The summed E-state index contributed by atoms with van der Waals surface area (Å²) in [6.45, 7) is 5.18. The Hall–Kier alpha value is -6.10. The number of benzene rings is 4. The van der Waals surface area contributed by atoms with E-state index >= 15 is 0 Å². The fourth-order valence-electron chi connectivity index (χ4n) is 6.46. The van der Waals surface area contributed by atoms with Crippen LogP contribution in [0.5, 0.6) is 11.5 Å². The molecule has 5 N–H and O–H groups in total. The molecule has 1 atom stereocenters. The summed E-state index contributed by atoms with van der Waals surface area (Å²) in [5.41, 5.74) is 9.93. The first-order chi connectivity index (χ1) is 27.1. The van der Waals surface area contributed by atoms with Gasteiger partial charge in [0.05, 0.1) is 35.2 Å². The van der Waals surface area contributed by atoms with E-state index in [1.165, 1.54) is 12.5 Å². The van der Waals surface area contributed by atoms with E-state index < -0.39 is 12.1 Å². The van der Waals surface area contributed by atoms with Crippen LogP contribution in [0.3, 0.4) is 0 Å². The summed E-state index contributed by atoms with van der Waals surface area (Å²) in [4.78, 5) is 23.9. The molecule has 0 fully saturated rings. The number of nitrogens with one attached hydrogen (secondary N) is 2. The second-order valence-corrected chi connectivity index (χ2v) is 13.6. The molecule has 0 saturated heterocycles. The Kier molecular flexibility index (Phi) is 13.1. The average Bonchev–Trinajstić information content (AvgIpc) is 3.19. The zero-order valence-corrected chi connectivity index (χ0v) is 31.7. The summed E-state index contributed by atoms with van der Waals surface area (Å²) >= 11 is 6.76. The number of fused-ring (bicyclic) bond motifs is 1. The van der Waals surface area contributed by atoms with Gasteiger partial charge in [-0.05, 0) is 77.1 Å². The van der Waals surface area contributed by atoms with E-state index in [4.69, 9.17) is 26.2 Å². The Morgan fingerprint density at radius 1 is 0.911 bits per heavy atom. The van der Waals surface area contributed by atoms with Crippen molar-refractivity contribution >= 4 is 34.3 Å². The second-order valence-electron chi connectivity index (χ2n) is 13.2. The van der Waals surface area contributed by atoms with Gasteiger partial charge in [-0.2, -0.15) is 5.26 Å². The summed E-state index contributed by atoms with van der Waals surface area (Å²) < 4.78 is 12.5. The van der Waals surface area contributed by atoms with E-state index in [1.807, 2.05) is 24.3 Å². The molecule has 0 radical (unpaired) electrons. The van der Waals surface area contributed by atoms with Crippen LogP contribution in [-0.4, -0.2) is 62.0 Å². The monoisotopic (exact) mass is 772 g/mol. The van der Waals surface area contributed by atoms with E-state index in [0.717, 1.165) is 49.8 Å². The van der Waals surface area contributed by atoms with Gasteiger partial charge in [0.15, 0.2) is 0 Å². The normalized spacial score (nSPS) is 11.6. The van der Waals surface area contributed by atoms with Gasteiger partial charge in [0.1, 0.15) is 42.9 Å². The maximum Gasteiger partial charge on any atom is 0.306 e. The third-order valence-electron chi connectivity index (χ3n) is 9.34. The highest BCUT2D eigenvalue weighted by molar-refractivity contribution is 6.32. The van der Waals surface area contributed by atoms with Gasteiger partial charge in [0.2, 0.25) is 0 Å². The molecule has 0 aliphatic rings. The number of ether oxygens (including phenoxy) is 2. The summed E-state index contributed by atoms with van der Waals surface area (Å²) in [6.07, 6.45) is 3.15. The highest BCUT2D eigenvalue weighted by atomic mass is 35.5. The number of aromatic nitrogens is 3. The molecule has 4 aromatic carbocycles. The van der Waals surface area contributed by atoms with Gasteiger partial charge in [-0.15, -0.1) is 0 Å². The Bertz CT molecular complexity index is 2400. The van der Waals surface area contributed by atoms with Gasteiger partial charge in [-0.3, -0.25) is 9.78 Å². The SMILES string of the molecule is Cc1c(COc2cc(OCc3cncc(C#N)c3)c(CNC[C@@H](O)CC(=O)O)cc2Cl)cccc1-c1cccc(-c2ccc3ncnc(NCCO)c3c2)c1C. The Morgan fingerprint density at radius 2 is 1.68 bits per heavy atom. The lowest BCUT2D eigenvalue weighted by Crippen LogP contribution is -2.28. The number of aliphatic carboxylic acids is 1. The first-order valence-corrected chi connectivity index (χ1v) is 18.3. The van der Waals surface area contributed by atoms with Crippen LogP contribution in [0.15, 0.2) is 91.5 Å². The molecule has 0 spiro atoms. The molecule has 6 aromatic rings. The topological polar surface area (TPSA) is 183 Å². The van der Waals surface area contributed by atoms with Crippen LogP contribution in [0.25, 0.3) is 33.2 Å². The highest BCUT2D eigenvalue weighted by Gasteiger charge is 2.17. The minimum absolute atomic E-state index is 0.00792. The van der Waals surface area contributed by atoms with Crippen LogP contribution in [0.1, 0.15) is 39.8 Å². The van der Waals surface area contributed by atoms with Crippen LogP contribution in [-0.2, 0) is 24.6 Å². The predicted octanol–water partition coefficient (Wildman–Crippen LogP) is 6.99. The lowest BCUT2D eigenvalue weighted by atomic mass is 9.89. The number of hydrogen-bond donors (Lipinski definition) is 5. The molecule has 2 heterocycles. The lowest BCUT2D eigenvalue weighted by Gasteiger charge is -2.19. The molecular weight excluding hydrogens is 732 g/mol. The van der Waals surface area contributed by atoms with Crippen LogP contribution in [0.2, 0.25) is 5.02 Å². The van der Waals surface area contributed by atoms with E-state index in [9.17, 15) is 20.3 Å². The van der Waals surface area contributed by atoms with Crippen LogP contribution >= 0.6 is 11.6 Å². The van der Waals surface area contributed by atoms with E-state index in [-0.39, 0.29) is 39.3 Å². The summed E-state index contributed by atoms with van der Waals surface area (Å²) in [5.74, 6) is 0.437. The number of aliphatic hydroxyl groups excluding tert-OH is 2. The number of anilines is 1. The van der Waals surface area contributed by atoms with Crippen molar-refractivity contribution in [1.29, 1.82) is 5.26 Å². The molecule has 0 amide bonds. The minimum atomic E-state index is -1.09. The maximum absolute atomic E-state index is 11.0. The third kappa shape index (κ3) is 9.57. The van der Waals surface area contributed by atoms with Crippen molar-refractivity contribution in [1.82, 2.24) is 20.3 Å². The van der Waals surface area contributed by atoms with Gasteiger partial charge in [-0.1, -0.05) is 54.1 Å². The molecule has 0 aliphatic carbocycles. The molecular formula is C43H41ClN6O6. The largest absolute Gasteiger partial charge is 0.488 e. The van der Waals surface area contributed by atoms with Gasteiger partial charge in [-0.25, -0.2) is 9.97 Å². The Labute approximate surface area is 329 Å². The maximum atomic E-state index is 11.0. The van der Waals surface area contributed by atoms with Gasteiger partial charge < -0.3 is 35.4 Å². The van der Waals surface area contributed by atoms with Crippen molar-refractivity contribution in [2.24, 2.45) is 0 Å². The summed E-state index contributed by atoms with van der Waals surface area (Å²) in [5, 5.41) is 45.2. The number of nitriles is 1. The standard InChI is InChI=1S/C43H41ClN6O6/c1-26-31(5-3-7-35(26)36-8-4-6-34(27(36)2)30-9-10-39-37(14-30)43(48-11-12-51)50-25-49-39)24-56-41-17-40(55-23-29-13-28(18-45)19-46-20-29)32(15-38(41)44)21-47-22-33(52)16-42(53)54/h3-10,13-15,17,19-20,25,33,47,51-52H,11-12,16,21-24H2,1-2H3,(H,53,54)(H,48,49,50)/t33-/m0/s1. The van der Waals surface area contributed by atoms with E-state index in [0.29, 0.717) is 45.6 Å². The van der Waals surface area contributed by atoms with Crippen molar-refractivity contribution in [2.45, 2.75) is 46.1 Å². The molecule has 6 rings (SSSR count). The number of nitrogens with zero attached hydrogens (tertiary/aromatic N) is 4. The fourth-order valence-corrected chi connectivity index (χ4v) is 6.70. The molecule has 56 heavy (non-hydrogen) atoms. The number of aliphatic hydroxyl groups is 2. The van der Waals surface area contributed by atoms with Crippen molar-refractivity contribution in [3.8, 4) is 39.8 Å². The lowest BCUT2D eigenvalue weighted by molar-refractivity contribution is -0.139. The molecule has 2 aromatic heterocycles. The molecule has 12 nitrogen and oxygen atoms in total. The number of carbonyl (C=O) groups is 1. The zero-order chi connectivity index (χ0) is 39.6. The first kappa shape index (κ1) is 39.6. The van der Waals surface area contributed by atoms with Crippen LogP contribution in [0, 0.1) is 25.2 Å². The molecule has 0 bridgehead atoms. The average molecular weight is 773 g/mol. The number of halogens is 1. The van der Waals surface area contributed by atoms with E-state index in [1.54, 1.807) is 24.4 Å². The third-order valence-corrected chi connectivity index (χ3v) is 9.64. The number of rotatable bonds is 17. The van der Waals surface area contributed by atoms with Gasteiger partial charge >= 0.3 is 5.97 Å². The quantitative estimate of drug-likeness (QED) is 0.0642. The number of carboxylic acids is 1. The Balaban J connectivity index is 1.24. The van der Waals surface area contributed by atoms with Crippen molar-refractivity contribution in [3.63, 3.8) is 0 Å². The van der Waals surface area contributed by atoms with Gasteiger partial charge in [0, 0.05) is 54.6 Å².